The Morgan fingerprint density at radius 2 is 1.95 bits per heavy atom. The summed E-state index contributed by atoms with van der Waals surface area (Å²) in [5.41, 5.74) is 2.29. The second kappa shape index (κ2) is 5.50. The number of nitrogens with zero attached hydrogens (tertiary/aromatic N) is 1. The first-order valence-corrected chi connectivity index (χ1v) is 7.35. The predicted molar refractivity (Wildman–Crippen MR) is 78.5 cm³/mol. The van der Waals surface area contributed by atoms with Gasteiger partial charge in [0, 0.05) is 28.6 Å². The number of fused-ring (bicyclic) bond motifs is 1. The molecule has 1 aromatic heterocycles. The van der Waals surface area contributed by atoms with Crippen molar-refractivity contribution >= 4 is 16.7 Å². The molecule has 0 radical (unpaired) electrons. The van der Waals surface area contributed by atoms with E-state index in [9.17, 15) is 4.79 Å². The summed E-state index contributed by atoms with van der Waals surface area (Å²) < 4.78 is 0. The average molecular weight is 266 g/mol. The van der Waals surface area contributed by atoms with Gasteiger partial charge in [0.15, 0.2) is 5.78 Å². The molecule has 3 rings (SSSR count). The maximum absolute atomic E-state index is 12.7. The number of hydrogen-bond donors (Lipinski definition) is 1. The molecule has 1 aliphatic rings. The van der Waals surface area contributed by atoms with E-state index in [1.807, 2.05) is 12.1 Å². The molecule has 0 aliphatic heterocycles. The van der Waals surface area contributed by atoms with Gasteiger partial charge < -0.3 is 4.98 Å². The Bertz CT molecular complexity index is 670. The van der Waals surface area contributed by atoms with E-state index in [4.69, 9.17) is 5.26 Å². The van der Waals surface area contributed by atoms with Crippen LogP contribution in [0.25, 0.3) is 10.9 Å². The van der Waals surface area contributed by atoms with E-state index in [2.05, 4.69) is 11.1 Å². The zero-order valence-corrected chi connectivity index (χ0v) is 11.5. The first-order valence-electron chi connectivity index (χ1n) is 7.35. The van der Waals surface area contributed by atoms with Crippen LogP contribution in [-0.2, 0) is 0 Å². The van der Waals surface area contributed by atoms with Gasteiger partial charge in [-0.25, -0.2) is 0 Å². The maximum Gasteiger partial charge on any atom is 0.168 e. The zero-order chi connectivity index (χ0) is 13.9. The Balaban J connectivity index is 1.96. The molecule has 3 nitrogen and oxygen atoms in total. The van der Waals surface area contributed by atoms with Gasteiger partial charge in [0.25, 0.3) is 0 Å². The number of Topliss-reactive ketones (excluding diaryl/α,β-unsaturated/α-hetero) is 1. The van der Waals surface area contributed by atoms with Crippen LogP contribution in [0.2, 0.25) is 0 Å². The van der Waals surface area contributed by atoms with Crippen molar-refractivity contribution in [1.82, 2.24) is 4.98 Å². The van der Waals surface area contributed by atoms with Crippen molar-refractivity contribution in [3.05, 3.63) is 35.5 Å². The van der Waals surface area contributed by atoms with Gasteiger partial charge >= 0.3 is 0 Å². The van der Waals surface area contributed by atoms with Gasteiger partial charge in [0.1, 0.15) is 0 Å². The highest BCUT2D eigenvalue weighted by Gasteiger charge is 2.23. The van der Waals surface area contributed by atoms with Crippen molar-refractivity contribution in [2.24, 2.45) is 5.92 Å². The largest absolute Gasteiger partial charge is 0.360 e. The minimum absolute atomic E-state index is 0.155. The lowest BCUT2D eigenvalue weighted by Crippen LogP contribution is -2.13. The highest BCUT2D eigenvalue weighted by molar-refractivity contribution is 6.09. The van der Waals surface area contributed by atoms with Crippen molar-refractivity contribution in [2.75, 3.05) is 0 Å². The topological polar surface area (TPSA) is 56.6 Å². The molecule has 1 aromatic carbocycles. The Morgan fingerprint density at radius 1 is 1.20 bits per heavy atom. The molecular formula is C17H18N2O. The SMILES string of the molecule is N#Cc1ccc2[nH]cc(C(=O)C3CCCCCC3)c2c1. The van der Waals surface area contributed by atoms with Crippen LogP contribution >= 0.6 is 0 Å². The summed E-state index contributed by atoms with van der Waals surface area (Å²) in [5, 5.41) is 9.89. The van der Waals surface area contributed by atoms with Crippen LogP contribution in [-0.4, -0.2) is 10.8 Å². The second-order valence-corrected chi connectivity index (χ2v) is 5.63. The number of H-pyrrole nitrogens is 1. The molecule has 1 N–H and O–H groups in total. The molecule has 0 unspecified atom stereocenters. The molecule has 0 atom stereocenters. The van der Waals surface area contributed by atoms with Crippen LogP contribution in [0.4, 0.5) is 0 Å². The van der Waals surface area contributed by atoms with Crippen LogP contribution < -0.4 is 0 Å². The molecule has 2 aromatic rings. The molecule has 0 bridgehead atoms. The molecule has 102 valence electrons. The van der Waals surface area contributed by atoms with Crippen molar-refractivity contribution in [1.29, 1.82) is 5.26 Å². The van der Waals surface area contributed by atoms with E-state index in [-0.39, 0.29) is 11.7 Å². The minimum atomic E-state index is 0.155. The number of carbonyl (C=O) groups excluding carboxylic acids is 1. The molecule has 1 heterocycles. The lowest BCUT2D eigenvalue weighted by atomic mass is 9.91. The van der Waals surface area contributed by atoms with E-state index in [1.165, 1.54) is 12.8 Å². The van der Waals surface area contributed by atoms with Crippen LogP contribution in [0.1, 0.15) is 54.4 Å². The van der Waals surface area contributed by atoms with E-state index >= 15 is 0 Å². The lowest BCUT2D eigenvalue weighted by molar-refractivity contribution is 0.0909. The van der Waals surface area contributed by atoms with Crippen LogP contribution in [0.5, 0.6) is 0 Å². The van der Waals surface area contributed by atoms with Crippen LogP contribution in [0, 0.1) is 17.2 Å². The highest BCUT2D eigenvalue weighted by Crippen LogP contribution is 2.29. The van der Waals surface area contributed by atoms with E-state index in [0.29, 0.717) is 5.56 Å². The smallest absolute Gasteiger partial charge is 0.168 e. The predicted octanol–water partition coefficient (Wildman–Crippen LogP) is 4.19. The Morgan fingerprint density at radius 3 is 2.65 bits per heavy atom. The Hall–Kier alpha value is -2.08. The molecule has 1 aliphatic carbocycles. The lowest BCUT2D eigenvalue weighted by Gasteiger charge is -2.11. The number of benzene rings is 1. The Kier molecular flexibility index (Phi) is 3.56. The molecule has 1 saturated carbocycles. The summed E-state index contributed by atoms with van der Waals surface area (Å²) in [6.07, 6.45) is 8.61. The van der Waals surface area contributed by atoms with Gasteiger partial charge in [-0.2, -0.15) is 5.26 Å². The fourth-order valence-corrected chi connectivity index (χ4v) is 3.16. The number of aromatic amines is 1. The number of carbonyl (C=O) groups is 1. The van der Waals surface area contributed by atoms with E-state index < -0.39 is 0 Å². The average Bonchev–Trinajstić information content (AvgIpc) is 2.71. The highest BCUT2D eigenvalue weighted by atomic mass is 16.1. The van der Waals surface area contributed by atoms with Gasteiger partial charge in [-0.15, -0.1) is 0 Å². The number of ketones is 1. The van der Waals surface area contributed by atoms with Gasteiger partial charge in [0.05, 0.1) is 11.6 Å². The molecular weight excluding hydrogens is 248 g/mol. The second-order valence-electron chi connectivity index (χ2n) is 5.63. The standard InChI is InChI=1S/C17H18N2O/c18-10-12-7-8-16-14(9-12)15(11-19-16)17(20)13-5-3-1-2-4-6-13/h7-9,11,13,19H,1-6H2. The zero-order valence-electron chi connectivity index (χ0n) is 11.5. The summed E-state index contributed by atoms with van der Waals surface area (Å²) in [4.78, 5) is 15.9. The van der Waals surface area contributed by atoms with E-state index in [1.54, 1.807) is 12.3 Å². The molecule has 0 spiro atoms. The maximum atomic E-state index is 12.7. The van der Waals surface area contributed by atoms with Crippen molar-refractivity contribution in [3.63, 3.8) is 0 Å². The number of nitriles is 1. The first kappa shape index (κ1) is 12.9. The Labute approximate surface area is 118 Å². The summed E-state index contributed by atoms with van der Waals surface area (Å²) >= 11 is 0. The normalized spacial score (nSPS) is 16.8. The third-order valence-corrected chi connectivity index (χ3v) is 4.30. The number of nitrogens with one attached hydrogen (secondary N) is 1. The van der Waals surface area contributed by atoms with Gasteiger partial charge in [0.2, 0.25) is 0 Å². The van der Waals surface area contributed by atoms with Crippen LogP contribution in [0.15, 0.2) is 24.4 Å². The number of rotatable bonds is 2. The fourth-order valence-electron chi connectivity index (χ4n) is 3.16. The number of hydrogen-bond acceptors (Lipinski definition) is 2. The summed E-state index contributed by atoms with van der Waals surface area (Å²) in [6, 6.07) is 7.60. The van der Waals surface area contributed by atoms with Crippen molar-refractivity contribution in [2.45, 2.75) is 38.5 Å². The minimum Gasteiger partial charge on any atom is -0.360 e. The molecule has 1 fully saturated rings. The first-order chi connectivity index (χ1) is 9.79. The third-order valence-electron chi connectivity index (χ3n) is 4.30. The summed E-state index contributed by atoms with van der Waals surface area (Å²) in [7, 11) is 0. The molecule has 0 amide bonds. The number of aromatic nitrogens is 1. The molecule has 0 saturated heterocycles. The monoisotopic (exact) mass is 266 g/mol. The van der Waals surface area contributed by atoms with E-state index in [0.717, 1.165) is 42.1 Å². The van der Waals surface area contributed by atoms with Crippen LogP contribution in [0.3, 0.4) is 0 Å². The van der Waals surface area contributed by atoms with Gasteiger partial charge in [-0.1, -0.05) is 25.7 Å². The van der Waals surface area contributed by atoms with Gasteiger partial charge in [-0.05, 0) is 31.0 Å². The van der Waals surface area contributed by atoms with Crippen molar-refractivity contribution < 1.29 is 4.79 Å². The fraction of sp³-hybridized carbons (Fsp3) is 0.412. The quantitative estimate of drug-likeness (QED) is 0.654. The summed E-state index contributed by atoms with van der Waals surface area (Å²) in [5.74, 6) is 0.399. The summed E-state index contributed by atoms with van der Waals surface area (Å²) in [6.45, 7) is 0. The van der Waals surface area contributed by atoms with Gasteiger partial charge in [-0.3, -0.25) is 4.79 Å². The third kappa shape index (κ3) is 2.34. The molecule has 3 heteroatoms. The van der Waals surface area contributed by atoms with Crippen molar-refractivity contribution in [3.8, 4) is 6.07 Å². The molecule has 20 heavy (non-hydrogen) atoms.